The Bertz CT molecular complexity index is 187. The van der Waals surface area contributed by atoms with Crippen LogP contribution in [0.1, 0.15) is 59.3 Å². The molecule has 0 saturated carbocycles. The molecule has 2 heteroatoms. The van der Waals surface area contributed by atoms with E-state index in [1.54, 1.807) is 0 Å². The zero-order valence-corrected chi connectivity index (χ0v) is 11.3. The van der Waals surface area contributed by atoms with Gasteiger partial charge < -0.3 is 10.0 Å². The van der Waals surface area contributed by atoms with E-state index in [9.17, 15) is 5.11 Å². The Kier molecular flexibility index (Phi) is 5.77. The van der Waals surface area contributed by atoms with Gasteiger partial charge in [0.1, 0.15) is 0 Å². The van der Waals surface area contributed by atoms with Crippen LogP contribution in [0.3, 0.4) is 0 Å². The summed E-state index contributed by atoms with van der Waals surface area (Å²) in [4.78, 5) is 2.62. The molecule has 1 heterocycles. The van der Waals surface area contributed by atoms with Gasteiger partial charge in [0.05, 0.1) is 6.10 Å². The first-order chi connectivity index (χ1) is 7.62. The SMILES string of the molecule is CCC1(CC)CCN(CCCCC(C)O)C1. The van der Waals surface area contributed by atoms with Crippen molar-refractivity contribution < 1.29 is 5.11 Å². The number of aliphatic hydroxyl groups excluding tert-OH is 1. The van der Waals surface area contributed by atoms with Crippen molar-refractivity contribution in [2.45, 2.75) is 65.4 Å². The third-order valence-electron chi connectivity index (χ3n) is 4.36. The molecular weight excluding hydrogens is 198 g/mol. The minimum atomic E-state index is -0.121. The van der Waals surface area contributed by atoms with Gasteiger partial charge in [-0.15, -0.1) is 0 Å². The van der Waals surface area contributed by atoms with Crippen LogP contribution in [0.15, 0.2) is 0 Å². The van der Waals surface area contributed by atoms with Crippen molar-refractivity contribution in [3.05, 3.63) is 0 Å². The lowest BCUT2D eigenvalue weighted by molar-refractivity contribution is 0.176. The van der Waals surface area contributed by atoms with Crippen molar-refractivity contribution in [3.8, 4) is 0 Å². The molecule has 1 aliphatic heterocycles. The predicted octanol–water partition coefficient (Wildman–Crippen LogP) is 3.05. The van der Waals surface area contributed by atoms with Crippen molar-refractivity contribution in [2.24, 2.45) is 5.41 Å². The van der Waals surface area contributed by atoms with Gasteiger partial charge in [-0.05, 0) is 64.0 Å². The highest BCUT2D eigenvalue weighted by Gasteiger charge is 2.34. The van der Waals surface area contributed by atoms with Gasteiger partial charge in [-0.25, -0.2) is 0 Å². The maximum atomic E-state index is 9.19. The first kappa shape index (κ1) is 14.0. The average Bonchev–Trinajstić information content (AvgIpc) is 2.69. The second-order valence-corrected chi connectivity index (χ2v) is 5.58. The van der Waals surface area contributed by atoms with E-state index in [4.69, 9.17) is 0 Å². The molecule has 0 spiro atoms. The molecule has 1 saturated heterocycles. The second kappa shape index (κ2) is 6.61. The van der Waals surface area contributed by atoms with Crippen molar-refractivity contribution >= 4 is 0 Å². The van der Waals surface area contributed by atoms with Gasteiger partial charge in [-0.3, -0.25) is 0 Å². The van der Waals surface area contributed by atoms with Gasteiger partial charge >= 0.3 is 0 Å². The molecule has 0 amide bonds. The number of nitrogens with zero attached hydrogens (tertiary/aromatic N) is 1. The molecule has 0 radical (unpaired) electrons. The Balaban J connectivity index is 2.16. The summed E-state index contributed by atoms with van der Waals surface area (Å²) in [6, 6.07) is 0. The Hall–Kier alpha value is -0.0800. The molecule has 1 unspecified atom stereocenters. The monoisotopic (exact) mass is 227 g/mol. The van der Waals surface area contributed by atoms with Gasteiger partial charge in [0.15, 0.2) is 0 Å². The largest absolute Gasteiger partial charge is 0.393 e. The van der Waals surface area contributed by atoms with E-state index in [0.29, 0.717) is 5.41 Å². The Morgan fingerprint density at radius 3 is 2.44 bits per heavy atom. The highest BCUT2D eigenvalue weighted by Crippen LogP contribution is 2.36. The maximum Gasteiger partial charge on any atom is 0.0512 e. The quantitative estimate of drug-likeness (QED) is 0.676. The first-order valence-electron chi connectivity index (χ1n) is 7.02. The Morgan fingerprint density at radius 2 is 1.94 bits per heavy atom. The van der Waals surface area contributed by atoms with Crippen LogP contribution in [0.4, 0.5) is 0 Å². The van der Waals surface area contributed by atoms with Crippen molar-refractivity contribution in [2.75, 3.05) is 19.6 Å². The zero-order valence-electron chi connectivity index (χ0n) is 11.3. The lowest BCUT2D eigenvalue weighted by Gasteiger charge is -2.26. The van der Waals surface area contributed by atoms with Crippen LogP contribution in [0.2, 0.25) is 0 Å². The highest BCUT2D eigenvalue weighted by atomic mass is 16.3. The average molecular weight is 227 g/mol. The molecule has 2 nitrogen and oxygen atoms in total. The van der Waals surface area contributed by atoms with Crippen LogP contribution in [0, 0.1) is 5.41 Å². The van der Waals surface area contributed by atoms with E-state index >= 15 is 0 Å². The molecule has 96 valence electrons. The molecule has 1 aliphatic rings. The summed E-state index contributed by atoms with van der Waals surface area (Å²) in [5.41, 5.74) is 0.615. The summed E-state index contributed by atoms with van der Waals surface area (Å²) in [6.07, 6.45) is 7.29. The fraction of sp³-hybridized carbons (Fsp3) is 1.00. The maximum absolute atomic E-state index is 9.19. The zero-order chi connectivity index (χ0) is 12.0. The summed E-state index contributed by atoms with van der Waals surface area (Å²) < 4.78 is 0. The lowest BCUT2D eigenvalue weighted by atomic mass is 9.82. The molecule has 0 aromatic heterocycles. The van der Waals surface area contributed by atoms with Crippen LogP contribution in [-0.4, -0.2) is 35.7 Å². The summed E-state index contributed by atoms with van der Waals surface area (Å²) in [6.45, 7) is 10.4. The number of hydrogen-bond acceptors (Lipinski definition) is 2. The van der Waals surface area contributed by atoms with Crippen LogP contribution in [0.5, 0.6) is 0 Å². The fourth-order valence-electron chi connectivity index (χ4n) is 2.82. The molecular formula is C14H29NO. The second-order valence-electron chi connectivity index (χ2n) is 5.58. The number of hydrogen-bond donors (Lipinski definition) is 1. The standard InChI is InChI=1S/C14H29NO/c1-4-14(5-2)9-11-15(12-14)10-7-6-8-13(3)16/h13,16H,4-12H2,1-3H3. The molecule has 1 rings (SSSR count). The van der Waals surface area contributed by atoms with E-state index < -0.39 is 0 Å². The van der Waals surface area contributed by atoms with Gasteiger partial charge in [-0.1, -0.05) is 13.8 Å². The normalized spacial score (nSPS) is 22.5. The fourth-order valence-corrected chi connectivity index (χ4v) is 2.82. The number of aliphatic hydroxyl groups is 1. The first-order valence-corrected chi connectivity index (χ1v) is 7.02. The molecule has 0 aliphatic carbocycles. The van der Waals surface area contributed by atoms with Gasteiger partial charge in [-0.2, -0.15) is 0 Å². The van der Waals surface area contributed by atoms with Crippen LogP contribution in [0.25, 0.3) is 0 Å². The summed E-state index contributed by atoms with van der Waals surface area (Å²) in [5.74, 6) is 0. The van der Waals surface area contributed by atoms with Gasteiger partial charge in [0.25, 0.3) is 0 Å². The molecule has 0 aromatic carbocycles. The predicted molar refractivity (Wildman–Crippen MR) is 69.6 cm³/mol. The van der Waals surface area contributed by atoms with Crippen molar-refractivity contribution in [1.29, 1.82) is 0 Å². The Labute approximate surface area is 101 Å². The summed E-state index contributed by atoms with van der Waals surface area (Å²) in [5, 5.41) is 9.19. The number of likely N-dealkylation sites (tertiary alicyclic amines) is 1. The summed E-state index contributed by atoms with van der Waals surface area (Å²) >= 11 is 0. The molecule has 0 bridgehead atoms. The lowest BCUT2D eigenvalue weighted by Crippen LogP contribution is -2.27. The molecule has 1 atom stereocenters. The molecule has 16 heavy (non-hydrogen) atoms. The van der Waals surface area contributed by atoms with E-state index in [0.717, 1.165) is 6.42 Å². The van der Waals surface area contributed by atoms with Crippen molar-refractivity contribution in [1.82, 2.24) is 4.90 Å². The van der Waals surface area contributed by atoms with Crippen LogP contribution >= 0.6 is 0 Å². The number of unbranched alkanes of at least 4 members (excludes halogenated alkanes) is 1. The van der Waals surface area contributed by atoms with Crippen molar-refractivity contribution in [3.63, 3.8) is 0 Å². The minimum absolute atomic E-state index is 0.121. The summed E-state index contributed by atoms with van der Waals surface area (Å²) in [7, 11) is 0. The Morgan fingerprint density at radius 1 is 1.25 bits per heavy atom. The smallest absolute Gasteiger partial charge is 0.0512 e. The van der Waals surface area contributed by atoms with Gasteiger partial charge in [0.2, 0.25) is 0 Å². The van der Waals surface area contributed by atoms with Gasteiger partial charge in [0, 0.05) is 6.54 Å². The van der Waals surface area contributed by atoms with E-state index in [2.05, 4.69) is 18.7 Å². The van der Waals surface area contributed by atoms with E-state index in [-0.39, 0.29) is 6.10 Å². The highest BCUT2D eigenvalue weighted by molar-refractivity contribution is 4.87. The van der Waals surface area contributed by atoms with Crippen LogP contribution in [-0.2, 0) is 0 Å². The third-order valence-corrected chi connectivity index (χ3v) is 4.36. The van der Waals surface area contributed by atoms with E-state index in [1.165, 1.54) is 51.7 Å². The molecule has 0 aromatic rings. The molecule has 1 N–H and O–H groups in total. The minimum Gasteiger partial charge on any atom is -0.393 e. The van der Waals surface area contributed by atoms with E-state index in [1.807, 2.05) is 6.92 Å². The third kappa shape index (κ3) is 4.06. The number of rotatable bonds is 7. The van der Waals surface area contributed by atoms with Crippen LogP contribution < -0.4 is 0 Å². The molecule has 1 fully saturated rings. The topological polar surface area (TPSA) is 23.5 Å².